The summed E-state index contributed by atoms with van der Waals surface area (Å²) in [6, 6.07) is 17.3. The SMILES string of the molecule is CCC(=O)O[C@H]1/C(=C/C(=O)OC)C[C@@H](C[C@@H](OCc2ccc(OC)cc2)[C@@H](C)OCc2ccccc2)O[C@@]1(OC)C(C)(C)/C=C/C(=O)O. The molecule has 1 fully saturated rings. The zero-order valence-corrected chi connectivity index (χ0v) is 28.8. The van der Waals surface area contributed by atoms with Crippen LogP contribution < -0.4 is 4.74 Å². The number of esters is 2. The van der Waals surface area contributed by atoms with Crippen molar-refractivity contribution in [3.8, 4) is 5.75 Å². The van der Waals surface area contributed by atoms with Gasteiger partial charge in [0.15, 0.2) is 6.10 Å². The number of methoxy groups -OCH3 is 3. The van der Waals surface area contributed by atoms with Crippen molar-refractivity contribution in [2.24, 2.45) is 5.41 Å². The third kappa shape index (κ3) is 10.2. The molecule has 0 bridgehead atoms. The summed E-state index contributed by atoms with van der Waals surface area (Å²) in [5, 5.41) is 9.47. The lowest BCUT2D eigenvalue weighted by Gasteiger charge is -2.53. The number of hydrogen-bond acceptors (Lipinski definition) is 10. The third-order valence-corrected chi connectivity index (χ3v) is 8.37. The Kier molecular flexibility index (Phi) is 14.4. The zero-order valence-electron chi connectivity index (χ0n) is 28.8. The fourth-order valence-electron chi connectivity index (χ4n) is 5.60. The molecule has 1 aliphatic heterocycles. The van der Waals surface area contributed by atoms with E-state index in [1.807, 2.05) is 61.5 Å². The highest BCUT2D eigenvalue weighted by Crippen LogP contribution is 2.48. The molecule has 0 aromatic heterocycles. The second-order valence-electron chi connectivity index (χ2n) is 12.1. The van der Waals surface area contributed by atoms with Crippen molar-refractivity contribution < 1.29 is 52.6 Å². The highest BCUT2D eigenvalue weighted by atomic mass is 16.7. The largest absolute Gasteiger partial charge is 0.497 e. The summed E-state index contributed by atoms with van der Waals surface area (Å²) < 4.78 is 41.8. The smallest absolute Gasteiger partial charge is 0.330 e. The van der Waals surface area contributed by atoms with Crippen LogP contribution in [0.4, 0.5) is 0 Å². The van der Waals surface area contributed by atoms with E-state index >= 15 is 0 Å². The number of rotatable bonds is 17. The molecule has 1 heterocycles. The number of carbonyl (C=O) groups excluding carboxylic acids is 2. The van der Waals surface area contributed by atoms with Crippen molar-refractivity contribution in [3.63, 3.8) is 0 Å². The number of carboxylic acid groups (broad SMARTS) is 1. The lowest BCUT2D eigenvalue weighted by atomic mass is 9.74. The van der Waals surface area contributed by atoms with E-state index < -0.39 is 53.5 Å². The molecule has 1 saturated heterocycles. The summed E-state index contributed by atoms with van der Waals surface area (Å²) in [6.07, 6.45) is 1.39. The fourth-order valence-corrected chi connectivity index (χ4v) is 5.60. The Hall–Kier alpha value is -4.03. The van der Waals surface area contributed by atoms with Crippen LogP contribution in [-0.2, 0) is 56.0 Å². The van der Waals surface area contributed by atoms with E-state index in [2.05, 4.69) is 0 Å². The average Bonchev–Trinajstić information content (AvgIpc) is 3.09. The Morgan fingerprint density at radius 2 is 1.65 bits per heavy atom. The third-order valence-electron chi connectivity index (χ3n) is 8.37. The first-order valence-electron chi connectivity index (χ1n) is 15.9. The first kappa shape index (κ1) is 38.4. The van der Waals surface area contributed by atoms with E-state index in [4.69, 9.17) is 33.2 Å². The van der Waals surface area contributed by atoms with Crippen LogP contribution in [0, 0.1) is 5.41 Å². The summed E-state index contributed by atoms with van der Waals surface area (Å²) in [5.74, 6) is -3.41. The van der Waals surface area contributed by atoms with Crippen LogP contribution in [0.25, 0.3) is 0 Å². The Morgan fingerprint density at radius 3 is 2.23 bits per heavy atom. The molecule has 11 nitrogen and oxygen atoms in total. The highest BCUT2D eigenvalue weighted by Gasteiger charge is 2.59. The number of benzene rings is 2. The number of ether oxygens (including phenoxy) is 7. The van der Waals surface area contributed by atoms with E-state index in [-0.39, 0.29) is 25.9 Å². The van der Waals surface area contributed by atoms with Gasteiger partial charge >= 0.3 is 17.9 Å². The molecule has 0 spiro atoms. The van der Waals surface area contributed by atoms with Gasteiger partial charge in [-0.2, -0.15) is 0 Å². The Morgan fingerprint density at radius 1 is 1.00 bits per heavy atom. The van der Waals surface area contributed by atoms with Crippen LogP contribution in [0.1, 0.15) is 58.1 Å². The molecular weight excluding hydrogens is 620 g/mol. The molecule has 0 unspecified atom stereocenters. The first-order chi connectivity index (χ1) is 22.9. The molecule has 2 aromatic rings. The average molecular weight is 669 g/mol. The summed E-state index contributed by atoms with van der Waals surface area (Å²) >= 11 is 0. The normalized spacial score (nSPS) is 21.9. The first-order valence-corrected chi connectivity index (χ1v) is 15.9. The molecule has 1 aliphatic rings. The quantitative estimate of drug-likeness (QED) is 0.162. The van der Waals surface area contributed by atoms with Crippen molar-refractivity contribution in [3.05, 3.63) is 89.5 Å². The van der Waals surface area contributed by atoms with Crippen LogP contribution in [0.2, 0.25) is 0 Å². The van der Waals surface area contributed by atoms with Gasteiger partial charge in [0.25, 0.3) is 0 Å². The van der Waals surface area contributed by atoms with Crippen LogP contribution in [0.3, 0.4) is 0 Å². The zero-order chi connectivity index (χ0) is 35.3. The van der Waals surface area contributed by atoms with Gasteiger partial charge in [-0.1, -0.05) is 69.3 Å². The van der Waals surface area contributed by atoms with Crippen molar-refractivity contribution in [1.29, 1.82) is 0 Å². The van der Waals surface area contributed by atoms with Crippen LogP contribution in [-0.4, -0.2) is 74.5 Å². The number of aliphatic carboxylic acids is 1. The van der Waals surface area contributed by atoms with Gasteiger partial charge in [-0.3, -0.25) is 4.79 Å². The second kappa shape index (κ2) is 17.9. The summed E-state index contributed by atoms with van der Waals surface area (Å²) in [6.45, 7) is 7.61. The Bertz CT molecular complexity index is 1400. The molecular formula is C37H48O11. The molecule has 48 heavy (non-hydrogen) atoms. The van der Waals surface area contributed by atoms with E-state index in [1.54, 1.807) is 27.9 Å². The van der Waals surface area contributed by atoms with Gasteiger partial charge in [-0.25, -0.2) is 9.59 Å². The summed E-state index contributed by atoms with van der Waals surface area (Å²) in [5.41, 5.74) is 1.12. The van der Waals surface area contributed by atoms with Crippen LogP contribution in [0.15, 0.2) is 78.4 Å². The maximum absolute atomic E-state index is 12.7. The molecule has 262 valence electrons. The minimum absolute atomic E-state index is 0.0498. The fraction of sp³-hybridized carbons (Fsp3) is 0.486. The van der Waals surface area contributed by atoms with E-state index in [9.17, 15) is 19.5 Å². The molecule has 3 rings (SSSR count). The maximum atomic E-state index is 12.7. The molecule has 11 heteroatoms. The topological polar surface area (TPSA) is 136 Å². The summed E-state index contributed by atoms with van der Waals surface area (Å²) in [4.78, 5) is 37.0. The maximum Gasteiger partial charge on any atom is 0.330 e. The Labute approximate surface area is 282 Å². The number of carbonyl (C=O) groups is 3. The lowest BCUT2D eigenvalue weighted by Crippen LogP contribution is -2.63. The van der Waals surface area contributed by atoms with Crippen molar-refractivity contribution in [2.75, 3.05) is 21.3 Å². The predicted octanol–water partition coefficient (Wildman–Crippen LogP) is 5.80. The van der Waals surface area contributed by atoms with Gasteiger partial charge in [0, 0.05) is 37.5 Å². The van der Waals surface area contributed by atoms with Crippen LogP contribution in [0.5, 0.6) is 5.75 Å². The second-order valence-corrected chi connectivity index (χ2v) is 12.1. The molecule has 2 aromatic carbocycles. The summed E-state index contributed by atoms with van der Waals surface area (Å²) in [7, 11) is 4.25. The van der Waals surface area contributed by atoms with E-state index in [0.29, 0.717) is 12.2 Å². The molecule has 0 aliphatic carbocycles. The predicted molar refractivity (Wildman–Crippen MR) is 177 cm³/mol. The van der Waals surface area contributed by atoms with E-state index in [0.717, 1.165) is 23.0 Å². The van der Waals surface area contributed by atoms with Crippen molar-refractivity contribution in [1.82, 2.24) is 0 Å². The Balaban J connectivity index is 2.03. The molecule has 0 saturated carbocycles. The molecule has 0 amide bonds. The van der Waals surface area contributed by atoms with Crippen molar-refractivity contribution >= 4 is 17.9 Å². The van der Waals surface area contributed by atoms with Gasteiger partial charge in [0.05, 0.1) is 45.7 Å². The van der Waals surface area contributed by atoms with Gasteiger partial charge in [-0.15, -0.1) is 0 Å². The van der Waals surface area contributed by atoms with Crippen LogP contribution >= 0.6 is 0 Å². The number of carboxylic acids is 1. The standard InChI is InChI=1S/C37H48O11/c1-8-33(40)47-35-28(21-34(41)43-6)20-30(48-37(35,44-7)36(3,4)19-18-32(38)39)22-31(25(2)45-23-26-12-10-9-11-13-26)46-24-27-14-16-29(42-5)17-15-27/h9-19,21,25,30-31,35H,8,20,22-24H2,1-7H3,(H,38,39)/b19-18+,28-21+/t25-,30+,31-,35+,37-/m1/s1. The molecule has 1 N–H and O–H groups in total. The minimum Gasteiger partial charge on any atom is -0.497 e. The van der Waals surface area contributed by atoms with Gasteiger partial charge in [0.1, 0.15) is 5.75 Å². The van der Waals surface area contributed by atoms with E-state index in [1.165, 1.54) is 26.4 Å². The van der Waals surface area contributed by atoms with Gasteiger partial charge in [-0.05, 0) is 42.2 Å². The lowest BCUT2D eigenvalue weighted by molar-refractivity contribution is -0.339. The van der Waals surface area contributed by atoms with Gasteiger partial charge in [0.2, 0.25) is 5.79 Å². The molecule has 0 radical (unpaired) electrons. The minimum atomic E-state index is -1.75. The van der Waals surface area contributed by atoms with Gasteiger partial charge < -0.3 is 38.3 Å². The highest BCUT2D eigenvalue weighted by molar-refractivity contribution is 5.83. The number of hydrogen-bond donors (Lipinski definition) is 1. The monoisotopic (exact) mass is 668 g/mol. The van der Waals surface area contributed by atoms with Crippen molar-refractivity contribution in [2.45, 2.75) is 90.4 Å². The molecule has 5 atom stereocenters.